The topological polar surface area (TPSA) is 58.2 Å². The zero-order valence-corrected chi connectivity index (χ0v) is 20.1. The lowest BCUT2D eigenvalue weighted by Gasteiger charge is -2.10. The van der Waals surface area contributed by atoms with Gasteiger partial charge in [0.25, 0.3) is 0 Å². The Kier molecular flexibility index (Phi) is 8.56. The molecule has 0 aliphatic heterocycles. The number of halogens is 1. The van der Waals surface area contributed by atoms with E-state index in [9.17, 15) is 9.59 Å². The molecule has 0 aliphatic rings. The molecule has 4 rings (SSSR count). The molecule has 2 N–H and O–H groups in total. The number of benzene rings is 4. The number of carbonyl (C=O) groups is 2. The van der Waals surface area contributed by atoms with Crippen molar-refractivity contribution >= 4 is 39.1 Å². The summed E-state index contributed by atoms with van der Waals surface area (Å²) in [5.74, 6) is -0.118. The number of rotatable bonds is 4. The van der Waals surface area contributed by atoms with Crippen LogP contribution in [0.25, 0.3) is 22.3 Å². The highest BCUT2D eigenvalue weighted by Gasteiger charge is 2.07. The highest BCUT2D eigenvalue weighted by Crippen LogP contribution is 2.31. The van der Waals surface area contributed by atoms with Crippen molar-refractivity contribution in [1.82, 2.24) is 0 Å². The quantitative estimate of drug-likeness (QED) is 0.306. The Hall–Kier alpha value is -3.70. The second-order valence-corrected chi connectivity index (χ2v) is 8.25. The summed E-state index contributed by atoms with van der Waals surface area (Å²) in [7, 11) is 0. The van der Waals surface area contributed by atoms with E-state index in [2.05, 4.69) is 26.6 Å². The second-order valence-electron chi connectivity index (χ2n) is 7.33. The van der Waals surface area contributed by atoms with Crippen molar-refractivity contribution in [2.75, 3.05) is 10.6 Å². The zero-order chi connectivity index (χ0) is 23.6. The fraction of sp³-hybridized carbons (Fsp3) is 0.0714. The molecule has 5 heteroatoms. The molecule has 0 fully saturated rings. The van der Waals surface area contributed by atoms with Crippen LogP contribution in [0, 0.1) is 0 Å². The molecule has 33 heavy (non-hydrogen) atoms. The van der Waals surface area contributed by atoms with E-state index in [4.69, 9.17) is 0 Å². The fourth-order valence-electron chi connectivity index (χ4n) is 3.32. The first kappa shape index (κ1) is 24.0. The number of carbonyl (C=O) groups excluding carboxylic acids is 2. The molecular weight excluding hydrogens is 476 g/mol. The predicted octanol–water partition coefficient (Wildman–Crippen LogP) is 7.39. The number of nitrogens with one attached hydrogen (secondary N) is 2. The Bertz CT molecular complexity index is 1230. The molecule has 2 amide bonds. The van der Waals surface area contributed by atoms with Crippen molar-refractivity contribution < 1.29 is 9.59 Å². The van der Waals surface area contributed by atoms with E-state index < -0.39 is 0 Å². The lowest BCUT2D eigenvalue weighted by Crippen LogP contribution is -2.06. The SMILES string of the molecule is CC(=O)Nc1ccc(Br)cc1-c1ccccc1.CC(=O)Nc1ccccc1-c1ccccc1. The van der Waals surface area contributed by atoms with Gasteiger partial charge in [-0.2, -0.15) is 0 Å². The fourth-order valence-corrected chi connectivity index (χ4v) is 3.68. The van der Waals surface area contributed by atoms with Crippen molar-refractivity contribution in [2.45, 2.75) is 13.8 Å². The van der Waals surface area contributed by atoms with Crippen LogP contribution in [0.15, 0.2) is 108 Å². The van der Waals surface area contributed by atoms with Crippen molar-refractivity contribution in [2.24, 2.45) is 0 Å². The molecule has 0 heterocycles. The summed E-state index contributed by atoms with van der Waals surface area (Å²) in [4.78, 5) is 22.2. The van der Waals surface area contributed by atoms with Gasteiger partial charge in [-0.25, -0.2) is 0 Å². The molecule has 0 aliphatic carbocycles. The molecule has 4 nitrogen and oxygen atoms in total. The van der Waals surface area contributed by atoms with Crippen LogP contribution in [-0.2, 0) is 9.59 Å². The first-order valence-corrected chi connectivity index (χ1v) is 11.3. The van der Waals surface area contributed by atoms with Crippen molar-refractivity contribution in [3.05, 3.63) is 108 Å². The number of para-hydroxylation sites is 1. The Morgan fingerprint density at radius 2 is 1.03 bits per heavy atom. The summed E-state index contributed by atoms with van der Waals surface area (Å²) in [6, 6.07) is 33.6. The average molecular weight is 501 g/mol. The van der Waals surface area contributed by atoms with Crippen LogP contribution in [0.2, 0.25) is 0 Å². The Morgan fingerprint density at radius 1 is 0.576 bits per heavy atom. The van der Waals surface area contributed by atoms with Gasteiger partial charge in [0.2, 0.25) is 11.8 Å². The molecule has 0 aromatic heterocycles. The number of hydrogen-bond donors (Lipinski definition) is 2. The van der Waals surface area contributed by atoms with Gasteiger partial charge >= 0.3 is 0 Å². The molecule has 0 unspecified atom stereocenters. The molecule has 0 saturated carbocycles. The maximum absolute atomic E-state index is 11.2. The van der Waals surface area contributed by atoms with Gasteiger partial charge in [-0.05, 0) is 35.4 Å². The van der Waals surface area contributed by atoms with Crippen LogP contribution in [0.1, 0.15) is 13.8 Å². The smallest absolute Gasteiger partial charge is 0.221 e. The normalized spacial score (nSPS) is 9.91. The third kappa shape index (κ3) is 7.16. The van der Waals surface area contributed by atoms with Gasteiger partial charge in [0.15, 0.2) is 0 Å². The molecule has 4 aromatic rings. The predicted molar refractivity (Wildman–Crippen MR) is 140 cm³/mol. The zero-order valence-electron chi connectivity index (χ0n) is 18.5. The van der Waals surface area contributed by atoms with Crippen LogP contribution in [-0.4, -0.2) is 11.8 Å². The Morgan fingerprint density at radius 3 is 1.58 bits per heavy atom. The van der Waals surface area contributed by atoms with E-state index >= 15 is 0 Å². The summed E-state index contributed by atoms with van der Waals surface area (Å²) in [5.41, 5.74) is 5.91. The summed E-state index contributed by atoms with van der Waals surface area (Å²) in [5, 5.41) is 5.67. The lowest BCUT2D eigenvalue weighted by atomic mass is 10.0. The maximum atomic E-state index is 11.2. The van der Waals surface area contributed by atoms with Gasteiger partial charge < -0.3 is 10.6 Å². The van der Waals surface area contributed by atoms with Gasteiger partial charge in [-0.15, -0.1) is 0 Å². The first-order valence-electron chi connectivity index (χ1n) is 10.5. The van der Waals surface area contributed by atoms with Gasteiger partial charge in [-0.3, -0.25) is 9.59 Å². The highest BCUT2D eigenvalue weighted by atomic mass is 79.9. The maximum Gasteiger partial charge on any atom is 0.221 e. The van der Waals surface area contributed by atoms with E-state index in [1.807, 2.05) is 103 Å². The lowest BCUT2D eigenvalue weighted by molar-refractivity contribution is -0.115. The molecule has 166 valence electrons. The molecule has 0 spiro atoms. The summed E-state index contributed by atoms with van der Waals surface area (Å²) < 4.78 is 0.991. The standard InChI is InChI=1S/C14H12BrNO.C14H13NO/c1-10(17)16-14-8-7-12(15)9-13(14)11-5-3-2-4-6-11;1-11(16)15-14-10-6-5-9-13(14)12-7-3-2-4-8-12/h2-9H,1H3,(H,16,17);2-10H,1H3,(H,15,16). The highest BCUT2D eigenvalue weighted by molar-refractivity contribution is 9.10. The van der Waals surface area contributed by atoms with E-state index in [0.717, 1.165) is 38.1 Å². The van der Waals surface area contributed by atoms with E-state index in [1.54, 1.807) is 0 Å². The summed E-state index contributed by atoms with van der Waals surface area (Å²) >= 11 is 3.45. The Balaban J connectivity index is 0.000000186. The first-order chi connectivity index (χ1) is 15.9. The van der Waals surface area contributed by atoms with Gasteiger partial charge in [0.05, 0.1) is 0 Å². The number of hydrogen-bond acceptors (Lipinski definition) is 2. The molecule has 0 bridgehead atoms. The van der Waals surface area contributed by atoms with Gasteiger partial charge in [0.1, 0.15) is 0 Å². The third-order valence-electron chi connectivity index (χ3n) is 4.70. The van der Waals surface area contributed by atoms with Crippen LogP contribution < -0.4 is 10.6 Å². The summed E-state index contributed by atoms with van der Waals surface area (Å²) in [6.07, 6.45) is 0. The average Bonchev–Trinajstić information content (AvgIpc) is 2.81. The molecule has 4 aromatic carbocycles. The summed E-state index contributed by atoms with van der Waals surface area (Å²) in [6.45, 7) is 3.03. The largest absolute Gasteiger partial charge is 0.326 e. The number of anilines is 2. The van der Waals surface area contributed by atoms with Crippen LogP contribution in [0.5, 0.6) is 0 Å². The van der Waals surface area contributed by atoms with Crippen LogP contribution in [0.3, 0.4) is 0 Å². The minimum absolute atomic E-state index is 0.0524. The third-order valence-corrected chi connectivity index (χ3v) is 5.19. The second kappa shape index (κ2) is 11.8. The van der Waals surface area contributed by atoms with Gasteiger partial charge in [0, 0.05) is 40.8 Å². The van der Waals surface area contributed by atoms with E-state index in [0.29, 0.717) is 0 Å². The molecular formula is C28H25BrN2O2. The monoisotopic (exact) mass is 500 g/mol. The van der Waals surface area contributed by atoms with Gasteiger partial charge in [-0.1, -0.05) is 94.8 Å². The molecule has 0 saturated heterocycles. The van der Waals surface area contributed by atoms with Crippen molar-refractivity contribution in [3.8, 4) is 22.3 Å². The van der Waals surface area contributed by atoms with Crippen molar-refractivity contribution in [1.29, 1.82) is 0 Å². The number of amides is 2. The van der Waals surface area contributed by atoms with Crippen LogP contribution in [0.4, 0.5) is 11.4 Å². The molecule has 0 atom stereocenters. The minimum atomic E-state index is -0.0653. The van der Waals surface area contributed by atoms with E-state index in [-0.39, 0.29) is 11.8 Å². The molecule has 0 radical (unpaired) electrons. The Labute approximate surface area is 202 Å². The minimum Gasteiger partial charge on any atom is -0.326 e. The van der Waals surface area contributed by atoms with Crippen LogP contribution >= 0.6 is 15.9 Å². The van der Waals surface area contributed by atoms with E-state index in [1.165, 1.54) is 13.8 Å². The van der Waals surface area contributed by atoms with Crippen molar-refractivity contribution in [3.63, 3.8) is 0 Å².